The van der Waals surface area contributed by atoms with Gasteiger partial charge in [0.05, 0.1) is 17.9 Å². The Morgan fingerprint density at radius 3 is 2.77 bits per heavy atom. The molecule has 4 nitrogen and oxygen atoms in total. The Bertz CT molecular complexity index is 998. The lowest BCUT2D eigenvalue weighted by molar-refractivity contribution is -0.123. The predicted octanol–water partition coefficient (Wildman–Crippen LogP) is 3.02. The molecule has 1 spiro atoms. The molecule has 1 atom stereocenters. The lowest BCUT2D eigenvalue weighted by atomic mass is 9.86. The lowest BCUT2D eigenvalue weighted by Gasteiger charge is -2.35. The van der Waals surface area contributed by atoms with E-state index in [0.717, 1.165) is 23.5 Å². The second-order valence-electron chi connectivity index (χ2n) is 6.80. The van der Waals surface area contributed by atoms with E-state index in [1.807, 2.05) is 48.7 Å². The van der Waals surface area contributed by atoms with Gasteiger partial charge in [-0.25, -0.2) is 4.39 Å². The monoisotopic (exact) mass is 347 g/mol. The number of hydrogen-bond acceptors (Lipinski definition) is 2. The smallest absolute Gasteiger partial charge is 0.258 e. The Balaban J connectivity index is 1.70. The Labute approximate surface area is 150 Å². The van der Waals surface area contributed by atoms with E-state index in [9.17, 15) is 9.18 Å². The fourth-order valence-corrected chi connectivity index (χ4v) is 4.22. The second-order valence-corrected chi connectivity index (χ2v) is 6.80. The van der Waals surface area contributed by atoms with Crippen molar-refractivity contribution >= 4 is 11.6 Å². The Morgan fingerprint density at radius 1 is 1.08 bits per heavy atom. The topological polar surface area (TPSA) is 37.3 Å². The summed E-state index contributed by atoms with van der Waals surface area (Å²) in [6.45, 7) is 1.91. The van der Waals surface area contributed by atoms with Crippen LogP contribution < -0.4 is 10.2 Å². The molecule has 26 heavy (non-hydrogen) atoms. The first-order valence-electron chi connectivity index (χ1n) is 8.77. The number of fused-ring (bicyclic) bond motifs is 4. The summed E-state index contributed by atoms with van der Waals surface area (Å²) in [4.78, 5) is 15.4. The summed E-state index contributed by atoms with van der Waals surface area (Å²) in [6, 6.07) is 18.4. The molecule has 1 unspecified atom stereocenters. The second kappa shape index (κ2) is 5.54. The number of carbonyl (C=O) groups excluding carboxylic acids is 1. The molecule has 3 heterocycles. The van der Waals surface area contributed by atoms with E-state index in [4.69, 9.17) is 0 Å². The highest BCUT2D eigenvalue weighted by molar-refractivity contribution is 6.10. The minimum absolute atomic E-state index is 0.0541. The normalized spacial score (nSPS) is 21.1. The number of carbonyl (C=O) groups is 1. The summed E-state index contributed by atoms with van der Waals surface area (Å²) in [6.07, 6.45) is 1.98. The SMILES string of the molecule is O=C1N(Cc2ccccc2)c2ccc(F)cc2C12NCCn1cccc12. The first kappa shape index (κ1) is 15.3. The van der Waals surface area contributed by atoms with Crippen molar-refractivity contribution in [3.8, 4) is 0 Å². The molecule has 0 saturated carbocycles. The third-order valence-corrected chi connectivity index (χ3v) is 5.36. The van der Waals surface area contributed by atoms with Crippen molar-refractivity contribution in [3.05, 3.63) is 89.5 Å². The van der Waals surface area contributed by atoms with Crippen LogP contribution in [-0.4, -0.2) is 17.0 Å². The van der Waals surface area contributed by atoms with Gasteiger partial charge in [-0.05, 0) is 35.9 Å². The van der Waals surface area contributed by atoms with Crippen molar-refractivity contribution in [3.63, 3.8) is 0 Å². The fraction of sp³-hybridized carbons (Fsp3) is 0.190. The minimum atomic E-state index is -1.02. The molecule has 2 aliphatic heterocycles. The Hall–Kier alpha value is -2.92. The van der Waals surface area contributed by atoms with Gasteiger partial charge in [0.25, 0.3) is 5.91 Å². The Kier molecular flexibility index (Phi) is 3.27. The van der Waals surface area contributed by atoms with Crippen LogP contribution in [0.3, 0.4) is 0 Å². The van der Waals surface area contributed by atoms with Crippen LogP contribution in [0.1, 0.15) is 16.8 Å². The highest BCUT2D eigenvalue weighted by Gasteiger charge is 2.54. The van der Waals surface area contributed by atoms with Crippen LogP contribution >= 0.6 is 0 Å². The van der Waals surface area contributed by atoms with Crippen molar-refractivity contribution in [1.82, 2.24) is 9.88 Å². The van der Waals surface area contributed by atoms with Gasteiger partial charge in [-0.1, -0.05) is 30.3 Å². The van der Waals surface area contributed by atoms with Crippen molar-refractivity contribution in [2.24, 2.45) is 0 Å². The summed E-state index contributed by atoms with van der Waals surface area (Å²) >= 11 is 0. The van der Waals surface area contributed by atoms with Crippen molar-refractivity contribution in [1.29, 1.82) is 0 Å². The average molecular weight is 347 g/mol. The molecule has 5 rings (SSSR count). The van der Waals surface area contributed by atoms with E-state index >= 15 is 0 Å². The van der Waals surface area contributed by atoms with E-state index in [2.05, 4.69) is 9.88 Å². The third kappa shape index (κ3) is 2.01. The van der Waals surface area contributed by atoms with Crippen LogP contribution in [-0.2, 0) is 23.4 Å². The molecule has 0 radical (unpaired) electrons. The van der Waals surface area contributed by atoms with Crippen molar-refractivity contribution in [2.45, 2.75) is 18.6 Å². The number of anilines is 1. The van der Waals surface area contributed by atoms with Crippen LogP contribution in [0.5, 0.6) is 0 Å². The van der Waals surface area contributed by atoms with Crippen LogP contribution in [0.4, 0.5) is 10.1 Å². The predicted molar refractivity (Wildman–Crippen MR) is 97.2 cm³/mol. The number of benzene rings is 2. The Morgan fingerprint density at radius 2 is 1.92 bits per heavy atom. The highest BCUT2D eigenvalue weighted by atomic mass is 19.1. The van der Waals surface area contributed by atoms with Crippen LogP contribution in [0.25, 0.3) is 0 Å². The van der Waals surface area contributed by atoms with Crippen molar-refractivity contribution < 1.29 is 9.18 Å². The number of rotatable bonds is 2. The molecule has 130 valence electrons. The van der Waals surface area contributed by atoms with E-state index in [1.54, 1.807) is 11.0 Å². The van der Waals surface area contributed by atoms with Crippen molar-refractivity contribution in [2.75, 3.05) is 11.4 Å². The average Bonchev–Trinajstić information content (AvgIpc) is 3.22. The number of hydrogen-bond donors (Lipinski definition) is 1. The molecule has 0 bridgehead atoms. The maximum atomic E-state index is 14.1. The van der Waals surface area contributed by atoms with Gasteiger partial charge < -0.3 is 9.47 Å². The number of nitrogens with zero attached hydrogens (tertiary/aromatic N) is 2. The zero-order valence-electron chi connectivity index (χ0n) is 14.2. The largest absolute Gasteiger partial charge is 0.348 e. The van der Waals surface area contributed by atoms with Gasteiger partial charge in [0, 0.05) is 24.8 Å². The van der Waals surface area contributed by atoms with Gasteiger partial charge in [0.2, 0.25) is 0 Å². The lowest BCUT2D eigenvalue weighted by Crippen LogP contribution is -2.56. The molecule has 0 fully saturated rings. The van der Waals surface area contributed by atoms with Gasteiger partial charge in [-0.3, -0.25) is 10.1 Å². The van der Waals surface area contributed by atoms with Gasteiger partial charge in [0.1, 0.15) is 5.82 Å². The quantitative estimate of drug-likeness (QED) is 0.774. The first-order valence-corrected chi connectivity index (χ1v) is 8.77. The van der Waals surface area contributed by atoms with E-state index < -0.39 is 5.54 Å². The summed E-state index contributed by atoms with van der Waals surface area (Å²) in [5.41, 5.74) is 2.35. The van der Waals surface area contributed by atoms with Crippen LogP contribution in [0.15, 0.2) is 66.9 Å². The van der Waals surface area contributed by atoms with E-state index in [0.29, 0.717) is 18.7 Å². The molecule has 1 amide bonds. The third-order valence-electron chi connectivity index (χ3n) is 5.36. The molecular formula is C21H18FN3O. The molecule has 5 heteroatoms. The highest BCUT2D eigenvalue weighted by Crippen LogP contribution is 2.46. The van der Waals surface area contributed by atoms with Gasteiger partial charge in [-0.15, -0.1) is 0 Å². The van der Waals surface area contributed by atoms with Gasteiger partial charge in [0.15, 0.2) is 5.54 Å². The molecular weight excluding hydrogens is 329 g/mol. The van der Waals surface area contributed by atoms with Crippen LogP contribution in [0.2, 0.25) is 0 Å². The molecule has 2 aromatic carbocycles. The number of aromatic nitrogens is 1. The minimum Gasteiger partial charge on any atom is -0.348 e. The first-order chi connectivity index (χ1) is 12.7. The van der Waals surface area contributed by atoms with Gasteiger partial charge >= 0.3 is 0 Å². The molecule has 1 aromatic heterocycles. The number of amides is 1. The summed E-state index contributed by atoms with van der Waals surface area (Å²) in [7, 11) is 0. The standard InChI is InChI=1S/C21H18FN3O/c22-16-8-9-18-17(13-16)21(19-7-4-11-24(19)12-10-23-21)20(26)25(18)14-15-5-2-1-3-6-15/h1-9,11,13,23H,10,12,14H2. The summed E-state index contributed by atoms with van der Waals surface area (Å²) < 4.78 is 16.2. The van der Waals surface area contributed by atoms with Gasteiger partial charge in [-0.2, -0.15) is 0 Å². The maximum absolute atomic E-state index is 14.1. The molecule has 0 aliphatic carbocycles. The molecule has 2 aliphatic rings. The number of halogens is 1. The maximum Gasteiger partial charge on any atom is 0.258 e. The van der Waals surface area contributed by atoms with E-state index in [1.165, 1.54) is 12.1 Å². The zero-order chi connectivity index (χ0) is 17.7. The zero-order valence-corrected chi connectivity index (χ0v) is 14.2. The number of nitrogens with one attached hydrogen (secondary N) is 1. The fourth-order valence-electron chi connectivity index (χ4n) is 4.22. The molecule has 1 N–H and O–H groups in total. The van der Waals surface area contributed by atoms with Crippen LogP contribution in [0, 0.1) is 5.82 Å². The molecule has 0 saturated heterocycles. The summed E-state index contributed by atoms with van der Waals surface area (Å²) in [5, 5.41) is 3.41. The molecule has 3 aromatic rings. The summed E-state index contributed by atoms with van der Waals surface area (Å²) in [5.74, 6) is -0.385. The van der Waals surface area contributed by atoms with E-state index in [-0.39, 0.29) is 11.7 Å².